The second kappa shape index (κ2) is 10.0. The summed E-state index contributed by atoms with van der Waals surface area (Å²) >= 11 is 0. The van der Waals surface area contributed by atoms with Crippen molar-refractivity contribution in [3.05, 3.63) is 23.5 Å². The maximum atomic E-state index is 5.68. The van der Waals surface area contributed by atoms with E-state index in [9.17, 15) is 0 Å². The van der Waals surface area contributed by atoms with Gasteiger partial charge in [0.25, 0.3) is 0 Å². The molecule has 0 aromatic carbocycles. The summed E-state index contributed by atoms with van der Waals surface area (Å²) in [5.74, 6) is 0.932. The summed E-state index contributed by atoms with van der Waals surface area (Å²) in [6.07, 6.45) is 9.97. The molecular formula is C16H28O3. The van der Waals surface area contributed by atoms with Gasteiger partial charge in [-0.1, -0.05) is 33.3 Å². The first-order chi connectivity index (χ1) is 9.38. The van der Waals surface area contributed by atoms with E-state index in [-0.39, 0.29) is 6.29 Å². The van der Waals surface area contributed by atoms with E-state index in [0.717, 1.165) is 31.6 Å². The van der Waals surface area contributed by atoms with Crippen LogP contribution in [-0.4, -0.2) is 26.1 Å². The van der Waals surface area contributed by atoms with Crippen molar-refractivity contribution in [1.82, 2.24) is 0 Å². The molecule has 0 radical (unpaired) electrons. The molecule has 1 fully saturated rings. The quantitative estimate of drug-likeness (QED) is 0.748. The Labute approximate surface area is 117 Å². The van der Waals surface area contributed by atoms with Gasteiger partial charge in [0.15, 0.2) is 6.29 Å². The Morgan fingerprint density at radius 3 is 2.89 bits per heavy atom. The Morgan fingerprint density at radius 2 is 2.21 bits per heavy atom. The summed E-state index contributed by atoms with van der Waals surface area (Å²) in [6.45, 7) is 8.24. The van der Waals surface area contributed by atoms with Crippen LogP contribution in [0.5, 0.6) is 0 Å². The monoisotopic (exact) mass is 268 g/mol. The fourth-order valence-corrected chi connectivity index (χ4v) is 2.01. The Hall–Kier alpha value is -0.800. The molecule has 0 bridgehead atoms. The van der Waals surface area contributed by atoms with Gasteiger partial charge in [-0.05, 0) is 37.3 Å². The molecule has 0 spiro atoms. The van der Waals surface area contributed by atoms with Crippen molar-refractivity contribution < 1.29 is 14.2 Å². The third-order valence-corrected chi connectivity index (χ3v) is 3.02. The van der Waals surface area contributed by atoms with Crippen molar-refractivity contribution in [1.29, 1.82) is 0 Å². The molecular weight excluding hydrogens is 240 g/mol. The van der Waals surface area contributed by atoms with Crippen LogP contribution in [0.25, 0.3) is 0 Å². The predicted molar refractivity (Wildman–Crippen MR) is 77.9 cm³/mol. The highest BCUT2D eigenvalue weighted by molar-refractivity contribution is 5.26. The molecule has 3 heteroatoms. The van der Waals surface area contributed by atoms with E-state index in [1.807, 2.05) is 13.8 Å². The fourth-order valence-electron chi connectivity index (χ4n) is 2.01. The van der Waals surface area contributed by atoms with Gasteiger partial charge in [0.05, 0.1) is 0 Å². The normalized spacial score (nSPS) is 24.5. The van der Waals surface area contributed by atoms with Gasteiger partial charge in [-0.2, -0.15) is 0 Å². The maximum Gasteiger partial charge on any atom is 0.158 e. The van der Waals surface area contributed by atoms with E-state index >= 15 is 0 Å². The van der Waals surface area contributed by atoms with Gasteiger partial charge < -0.3 is 14.2 Å². The lowest BCUT2D eigenvalue weighted by Gasteiger charge is -2.22. The highest BCUT2D eigenvalue weighted by Crippen LogP contribution is 2.19. The van der Waals surface area contributed by atoms with Crippen LogP contribution in [-0.2, 0) is 14.2 Å². The Kier molecular flexibility index (Phi) is 8.59. The smallest absolute Gasteiger partial charge is 0.158 e. The molecule has 0 aliphatic carbocycles. The Balaban J connectivity index is 0.000000861. The molecule has 19 heavy (non-hydrogen) atoms. The Morgan fingerprint density at radius 1 is 1.37 bits per heavy atom. The molecule has 0 aromatic rings. The first kappa shape index (κ1) is 16.3. The third-order valence-electron chi connectivity index (χ3n) is 3.02. The molecule has 0 N–H and O–H groups in total. The summed E-state index contributed by atoms with van der Waals surface area (Å²) in [7, 11) is 0. The lowest BCUT2D eigenvalue weighted by molar-refractivity contribution is -0.161. The minimum absolute atomic E-state index is 0.0306. The summed E-state index contributed by atoms with van der Waals surface area (Å²) in [4.78, 5) is 0. The van der Waals surface area contributed by atoms with Crippen molar-refractivity contribution >= 4 is 0 Å². The van der Waals surface area contributed by atoms with E-state index < -0.39 is 0 Å². The molecule has 2 aliphatic heterocycles. The molecule has 1 saturated heterocycles. The molecule has 110 valence electrons. The van der Waals surface area contributed by atoms with E-state index in [1.54, 1.807) is 0 Å². The Bertz CT molecular complexity index is 288. The third kappa shape index (κ3) is 6.26. The average molecular weight is 268 g/mol. The molecule has 2 aliphatic rings. The first-order valence-corrected chi connectivity index (χ1v) is 7.64. The van der Waals surface area contributed by atoms with E-state index in [2.05, 4.69) is 19.1 Å². The minimum atomic E-state index is -0.0306. The lowest BCUT2D eigenvalue weighted by atomic mass is 10.2. The maximum absolute atomic E-state index is 5.68. The zero-order chi connectivity index (χ0) is 13.9. The number of hydrogen-bond acceptors (Lipinski definition) is 3. The molecule has 2 heterocycles. The van der Waals surface area contributed by atoms with Crippen molar-refractivity contribution in [2.75, 3.05) is 19.8 Å². The van der Waals surface area contributed by atoms with Gasteiger partial charge >= 0.3 is 0 Å². The minimum Gasteiger partial charge on any atom is -0.491 e. The van der Waals surface area contributed by atoms with Crippen LogP contribution in [0.3, 0.4) is 0 Å². The lowest BCUT2D eigenvalue weighted by Crippen LogP contribution is -2.23. The number of rotatable bonds is 5. The number of unbranched alkanes of at least 4 members (excludes halogenated alkanes) is 1. The summed E-state index contributed by atoms with van der Waals surface area (Å²) in [6, 6.07) is 0. The van der Waals surface area contributed by atoms with Crippen LogP contribution < -0.4 is 0 Å². The molecule has 3 nitrogen and oxygen atoms in total. The highest BCUT2D eigenvalue weighted by atomic mass is 16.7. The van der Waals surface area contributed by atoms with Crippen LogP contribution in [0.15, 0.2) is 23.5 Å². The van der Waals surface area contributed by atoms with Gasteiger partial charge in [0.1, 0.15) is 19.0 Å². The fraction of sp³-hybridized carbons (Fsp3) is 0.750. The molecule has 0 saturated carbocycles. The largest absolute Gasteiger partial charge is 0.491 e. The van der Waals surface area contributed by atoms with Gasteiger partial charge in [-0.3, -0.25) is 0 Å². The van der Waals surface area contributed by atoms with E-state index in [1.165, 1.54) is 18.4 Å². The second-order valence-electron chi connectivity index (χ2n) is 4.57. The van der Waals surface area contributed by atoms with Gasteiger partial charge in [0.2, 0.25) is 0 Å². The van der Waals surface area contributed by atoms with Crippen molar-refractivity contribution in [2.45, 2.75) is 59.2 Å². The van der Waals surface area contributed by atoms with Crippen molar-refractivity contribution in [2.24, 2.45) is 0 Å². The number of allylic oxidation sites excluding steroid dienone is 1. The van der Waals surface area contributed by atoms with Gasteiger partial charge in [0, 0.05) is 6.61 Å². The molecule has 1 unspecified atom stereocenters. The molecule has 2 rings (SSSR count). The average Bonchev–Trinajstić information content (AvgIpc) is 2.94. The number of hydrogen-bond donors (Lipinski definition) is 0. The SMILES string of the molecule is CC.CCC/C=C1/C=C(COC2CCCCO2)OC1. The summed E-state index contributed by atoms with van der Waals surface area (Å²) < 4.78 is 16.8. The predicted octanol–water partition coefficient (Wildman–Crippen LogP) is 4.20. The first-order valence-electron chi connectivity index (χ1n) is 7.64. The van der Waals surface area contributed by atoms with Crippen LogP contribution in [0.1, 0.15) is 52.9 Å². The molecule has 1 atom stereocenters. The zero-order valence-corrected chi connectivity index (χ0v) is 12.6. The summed E-state index contributed by atoms with van der Waals surface area (Å²) in [5, 5.41) is 0. The zero-order valence-electron chi connectivity index (χ0n) is 12.6. The number of ether oxygens (including phenoxy) is 3. The van der Waals surface area contributed by atoms with Crippen molar-refractivity contribution in [3.63, 3.8) is 0 Å². The standard InChI is InChI=1S/C14H22O3.C2H6/c1-2-3-6-12-9-13(16-10-12)11-17-14-7-4-5-8-15-14;1-2/h6,9,14H,2-5,7-8,10-11H2,1H3;1-2H3/b12-6-;. The van der Waals surface area contributed by atoms with Crippen molar-refractivity contribution in [3.8, 4) is 0 Å². The van der Waals surface area contributed by atoms with Crippen LogP contribution in [0, 0.1) is 0 Å². The summed E-state index contributed by atoms with van der Waals surface area (Å²) in [5.41, 5.74) is 1.27. The van der Waals surface area contributed by atoms with Crippen LogP contribution >= 0.6 is 0 Å². The van der Waals surface area contributed by atoms with E-state index in [0.29, 0.717) is 13.2 Å². The second-order valence-corrected chi connectivity index (χ2v) is 4.57. The van der Waals surface area contributed by atoms with Crippen LogP contribution in [0.4, 0.5) is 0 Å². The van der Waals surface area contributed by atoms with E-state index in [4.69, 9.17) is 14.2 Å². The van der Waals surface area contributed by atoms with Gasteiger partial charge in [-0.25, -0.2) is 0 Å². The molecule has 0 amide bonds. The van der Waals surface area contributed by atoms with Crippen LogP contribution in [0.2, 0.25) is 0 Å². The highest BCUT2D eigenvalue weighted by Gasteiger charge is 2.16. The van der Waals surface area contributed by atoms with Gasteiger partial charge in [-0.15, -0.1) is 0 Å². The molecule has 0 aromatic heterocycles. The topological polar surface area (TPSA) is 27.7 Å².